The predicted molar refractivity (Wildman–Crippen MR) is 163 cm³/mol. The van der Waals surface area contributed by atoms with Gasteiger partial charge < -0.3 is 15.4 Å². The van der Waals surface area contributed by atoms with Crippen molar-refractivity contribution in [2.24, 2.45) is 0 Å². The number of hydrogen-bond donors (Lipinski definition) is 2. The maximum absolute atomic E-state index is 13.7. The smallest absolute Gasteiger partial charge is 0.262 e. The number of anilines is 1. The normalized spacial score (nSPS) is 14.1. The molecule has 0 bridgehead atoms. The van der Waals surface area contributed by atoms with Gasteiger partial charge in [0.1, 0.15) is 5.75 Å². The highest BCUT2D eigenvalue weighted by Crippen LogP contribution is 2.27. The molecule has 2 amide bonds. The van der Waals surface area contributed by atoms with E-state index >= 15 is 0 Å². The molecule has 0 unspecified atom stereocenters. The molecule has 0 saturated heterocycles. The van der Waals surface area contributed by atoms with Crippen LogP contribution in [0.3, 0.4) is 0 Å². The minimum Gasteiger partial charge on any atom is -0.497 e. The van der Waals surface area contributed by atoms with Gasteiger partial charge in [-0.2, -0.15) is 0 Å². The first kappa shape index (κ1) is 28.4. The van der Waals surface area contributed by atoms with E-state index in [9.17, 15) is 14.4 Å². The third-order valence-corrected chi connectivity index (χ3v) is 8.68. The minimum absolute atomic E-state index is 0.0722. The van der Waals surface area contributed by atoms with Crippen LogP contribution in [-0.2, 0) is 11.3 Å². The Morgan fingerprint density at radius 3 is 2.54 bits per heavy atom. The van der Waals surface area contributed by atoms with Gasteiger partial charge in [0.2, 0.25) is 5.91 Å². The van der Waals surface area contributed by atoms with E-state index in [0.29, 0.717) is 39.5 Å². The number of amides is 2. The summed E-state index contributed by atoms with van der Waals surface area (Å²) in [6, 6.07) is 22.0. The van der Waals surface area contributed by atoms with Gasteiger partial charge in [-0.25, -0.2) is 4.98 Å². The summed E-state index contributed by atoms with van der Waals surface area (Å²) in [5, 5.41) is 6.56. The van der Waals surface area contributed by atoms with Crippen LogP contribution < -0.4 is 20.9 Å². The van der Waals surface area contributed by atoms with Crippen LogP contribution in [-0.4, -0.2) is 39.8 Å². The SMILES string of the molecule is CC[C@H](Sc1nc2ccccc2c(=O)n1Cc1ccc(C(=O)NC2CCCC2)cc1)C(=O)Nc1cccc(OC)c1. The first-order valence-electron chi connectivity index (χ1n) is 14.0. The molecule has 1 aliphatic carbocycles. The molecule has 1 aliphatic rings. The third kappa shape index (κ3) is 6.79. The number of rotatable bonds is 10. The number of methoxy groups -OCH3 is 1. The van der Waals surface area contributed by atoms with Gasteiger partial charge in [0.15, 0.2) is 5.16 Å². The molecule has 41 heavy (non-hydrogen) atoms. The first-order valence-corrected chi connectivity index (χ1v) is 14.8. The lowest BCUT2D eigenvalue weighted by Gasteiger charge is -2.18. The number of ether oxygens (including phenoxy) is 1. The van der Waals surface area contributed by atoms with E-state index in [-0.39, 0.29) is 30.0 Å². The Kier molecular flexibility index (Phi) is 9.04. The van der Waals surface area contributed by atoms with Crippen molar-refractivity contribution in [1.82, 2.24) is 14.9 Å². The summed E-state index contributed by atoms with van der Waals surface area (Å²) in [5.41, 5.74) is 2.49. The number of carbonyl (C=O) groups is 2. The molecule has 0 spiro atoms. The molecule has 9 heteroatoms. The van der Waals surface area contributed by atoms with Crippen molar-refractivity contribution in [1.29, 1.82) is 0 Å². The van der Waals surface area contributed by atoms with Gasteiger partial charge in [-0.15, -0.1) is 0 Å². The fraction of sp³-hybridized carbons (Fsp3) is 0.312. The van der Waals surface area contributed by atoms with Gasteiger partial charge in [0.05, 0.1) is 29.8 Å². The fourth-order valence-corrected chi connectivity index (χ4v) is 6.05. The lowest BCUT2D eigenvalue weighted by atomic mass is 10.1. The standard InChI is InChI=1S/C32H34N4O4S/c1-3-28(30(38)34-24-11-8-12-25(19-24)40-2)41-32-35-27-14-7-6-13-26(27)31(39)36(32)20-21-15-17-22(18-16-21)29(37)33-23-9-4-5-10-23/h6-8,11-19,23,28H,3-5,9-10,20H2,1-2H3,(H,33,37)(H,34,38)/t28-/m0/s1. The molecule has 0 aliphatic heterocycles. The van der Waals surface area contributed by atoms with Crippen LogP contribution in [0.2, 0.25) is 0 Å². The van der Waals surface area contributed by atoms with E-state index in [2.05, 4.69) is 10.6 Å². The number of para-hydroxylation sites is 1. The lowest BCUT2D eigenvalue weighted by Crippen LogP contribution is -2.32. The molecule has 1 heterocycles. The van der Waals surface area contributed by atoms with Crippen molar-refractivity contribution in [2.45, 2.75) is 62.0 Å². The average Bonchev–Trinajstić information content (AvgIpc) is 3.51. The van der Waals surface area contributed by atoms with Gasteiger partial charge >= 0.3 is 0 Å². The molecule has 0 radical (unpaired) electrons. The van der Waals surface area contributed by atoms with E-state index in [1.54, 1.807) is 48.1 Å². The van der Waals surface area contributed by atoms with Crippen molar-refractivity contribution in [3.05, 3.63) is 94.3 Å². The van der Waals surface area contributed by atoms with Gasteiger partial charge in [0.25, 0.3) is 11.5 Å². The lowest BCUT2D eigenvalue weighted by molar-refractivity contribution is -0.115. The second kappa shape index (κ2) is 13.0. The van der Waals surface area contributed by atoms with E-state index in [1.807, 2.05) is 43.3 Å². The van der Waals surface area contributed by atoms with E-state index in [0.717, 1.165) is 31.2 Å². The summed E-state index contributed by atoms with van der Waals surface area (Å²) < 4.78 is 6.88. The van der Waals surface area contributed by atoms with Crippen molar-refractivity contribution in [2.75, 3.05) is 12.4 Å². The van der Waals surface area contributed by atoms with E-state index < -0.39 is 5.25 Å². The van der Waals surface area contributed by atoms with Crippen molar-refractivity contribution in [3.63, 3.8) is 0 Å². The average molecular weight is 571 g/mol. The Bertz CT molecular complexity index is 1600. The quantitative estimate of drug-likeness (QED) is 0.189. The number of carbonyl (C=O) groups excluding carboxylic acids is 2. The highest BCUT2D eigenvalue weighted by Gasteiger charge is 2.23. The van der Waals surface area contributed by atoms with E-state index in [4.69, 9.17) is 9.72 Å². The summed E-state index contributed by atoms with van der Waals surface area (Å²) in [6.07, 6.45) is 4.89. The van der Waals surface area contributed by atoms with Crippen LogP contribution in [0, 0.1) is 0 Å². The first-order chi connectivity index (χ1) is 19.9. The Balaban J connectivity index is 1.39. The Labute approximate surface area is 243 Å². The zero-order valence-electron chi connectivity index (χ0n) is 23.3. The number of nitrogens with one attached hydrogen (secondary N) is 2. The molecule has 2 N–H and O–H groups in total. The predicted octanol–water partition coefficient (Wildman–Crippen LogP) is 5.64. The third-order valence-electron chi connectivity index (χ3n) is 7.32. The Hall–Kier alpha value is -4.11. The largest absolute Gasteiger partial charge is 0.497 e. The summed E-state index contributed by atoms with van der Waals surface area (Å²) in [5.74, 6) is 0.394. The molecule has 3 aromatic carbocycles. The van der Waals surface area contributed by atoms with Crippen LogP contribution in [0.25, 0.3) is 10.9 Å². The second-order valence-corrected chi connectivity index (χ2v) is 11.4. The molecule has 1 fully saturated rings. The highest BCUT2D eigenvalue weighted by atomic mass is 32.2. The number of nitrogens with zero attached hydrogens (tertiary/aromatic N) is 2. The van der Waals surface area contributed by atoms with Crippen molar-refractivity contribution >= 4 is 40.2 Å². The van der Waals surface area contributed by atoms with E-state index in [1.165, 1.54) is 11.8 Å². The molecule has 5 rings (SSSR count). The maximum atomic E-state index is 13.7. The molecule has 1 aromatic heterocycles. The van der Waals surface area contributed by atoms with Crippen molar-refractivity contribution < 1.29 is 14.3 Å². The number of aromatic nitrogens is 2. The van der Waals surface area contributed by atoms with Crippen molar-refractivity contribution in [3.8, 4) is 5.75 Å². The van der Waals surface area contributed by atoms with Crippen LogP contribution >= 0.6 is 11.8 Å². The summed E-state index contributed by atoms with van der Waals surface area (Å²) in [4.78, 5) is 44.4. The molecular formula is C32H34N4O4S. The molecule has 1 atom stereocenters. The molecule has 212 valence electrons. The second-order valence-electron chi connectivity index (χ2n) is 10.2. The summed E-state index contributed by atoms with van der Waals surface area (Å²) in [7, 11) is 1.58. The van der Waals surface area contributed by atoms with Crippen LogP contribution in [0.1, 0.15) is 54.9 Å². The topological polar surface area (TPSA) is 102 Å². The maximum Gasteiger partial charge on any atom is 0.262 e. The minimum atomic E-state index is -0.484. The molecule has 8 nitrogen and oxygen atoms in total. The zero-order valence-corrected chi connectivity index (χ0v) is 24.1. The number of fused-ring (bicyclic) bond motifs is 1. The van der Waals surface area contributed by atoms with Crippen LogP contribution in [0.4, 0.5) is 5.69 Å². The number of benzene rings is 3. The number of hydrogen-bond acceptors (Lipinski definition) is 6. The highest BCUT2D eigenvalue weighted by molar-refractivity contribution is 8.00. The molecule has 4 aromatic rings. The Morgan fingerprint density at radius 1 is 1.05 bits per heavy atom. The van der Waals surface area contributed by atoms with Gasteiger partial charge in [-0.3, -0.25) is 19.0 Å². The van der Waals surface area contributed by atoms with Gasteiger partial charge in [-0.05, 0) is 61.2 Å². The zero-order chi connectivity index (χ0) is 28.8. The Morgan fingerprint density at radius 2 is 1.80 bits per heavy atom. The summed E-state index contributed by atoms with van der Waals surface area (Å²) in [6.45, 7) is 2.19. The monoisotopic (exact) mass is 570 g/mol. The fourth-order valence-electron chi connectivity index (χ4n) is 5.03. The number of thioether (sulfide) groups is 1. The van der Waals surface area contributed by atoms with Crippen LogP contribution in [0.5, 0.6) is 5.75 Å². The molecular weight excluding hydrogens is 536 g/mol. The molecule has 1 saturated carbocycles. The van der Waals surface area contributed by atoms with Gasteiger partial charge in [-0.1, -0.05) is 61.9 Å². The van der Waals surface area contributed by atoms with Crippen LogP contribution in [0.15, 0.2) is 82.7 Å². The summed E-state index contributed by atoms with van der Waals surface area (Å²) >= 11 is 1.27. The van der Waals surface area contributed by atoms with Gasteiger partial charge in [0, 0.05) is 23.4 Å².